The number of allylic oxidation sites excluding steroid dienone is 3. The molecule has 3 aliphatic carbocycles. The summed E-state index contributed by atoms with van der Waals surface area (Å²) in [5, 5.41) is 0. The average molecular weight is 580 g/mol. The normalized spacial score (nSPS) is 40.9. The molecule has 6 aliphatic rings. The molecule has 8 atom stereocenters. The van der Waals surface area contributed by atoms with Gasteiger partial charge in [0.05, 0.1) is 12.2 Å². The lowest BCUT2D eigenvalue weighted by molar-refractivity contribution is -0.186. The number of hydrogen-bond acceptors (Lipinski definition) is 6. The summed E-state index contributed by atoms with van der Waals surface area (Å²) in [6.45, 7) is 10.9. The first-order valence-corrected chi connectivity index (χ1v) is 17.0. The second-order valence-corrected chi connectivity index (χ2v) is 14.0. The van der Waals surface area contributed by atoms with Gasteiger partial charge in [-0.25, -0.2) is 0 Å². The number of carbonyl (C=O) groups is 2. The molecule has 3 saturated heterocycles. The first kappa shape index (κ1) is 29.9. The lowest BCUT2D eigenvalue weighted by Gasteiger charge is -2.58. The van der Waals surface area contributed by atoms with Crippen molar-refractivity contribution >= 4 is 11.9 Å². The maximum Gasteiger partial charge on any atom is 0.325 e. The number of esters is 1. The molecule has 1 amide bonds. The summed E-state index contributed by atoms with van der Waals surface area (Å²) < 4.78 is 11.3. The smallest absolute Gasteiger partial charge is 0.325 e. The van der Waals surface area contributed by atoms with Crippen molar-refractivity contribution in [3.8, 4) is 0 Å². The first-order valence-electron chi connectivity index (χ1n) is 17.0. The molecule has 0 aromatic heterocycles. The molecular weight excluding hydrogens is 526 g/mol. The lowest BCUT2D eigenvalue weighted by atomic mass is 9.52. The fourth-order valence-corrected chi connectivity index (χ4v) is 10.5. The van der Waals surface area contributed by atoms with E-state index in [2.05, 4.69) is 25.3 Å². The van der Waals surface area contributed by atoms with Crippen molar-refractivity contribution in [1.29, 1.82) is 0 Å². The van der Waals surface area contributed by atoms with Gasteiger partial charge in [0.2, 0.25) is 6.35 Å². The lowest BCUT2D eigenvalue weighted by Crippen LogP contribution is -2.66. The summed E-state index contributed by atoms with van der Waals surface area (Å²) in [5.41, 5.74) is 1.71. The van der Waals surface area contributed by atoms with E-state index in [1.54, 1.807) is 7.11 Å². The van der Waals surface area contributed by atoms with E-state index in [0.29, 0.717) is 41.4 Å². The average Bonchev–Trinajstić information content (AvgIpc) is 3.16. The van der Waals surface area contributed by atoms with Gasteiger partial charge >= 0.3 is 5.97 Å². The van der Waals surface area contributed by atoms with E-state index >= 15 is 0 Å². The SMILES string of the molecule is C=C1C(=CC=CCC)C(=O)N(C2CC3CCCC(C2)N3C2CC3CC4CC(C2)C4(CC)C3)C(OC)N1CC(=O)OCC. The van der Waals surface area contributed by atoms with Crippen molar-refractivity contribution in [3.63, 3.8) is 0 Å². The van der Waals surface area contributed by atoms with Crippen LogP contribution in [0, 0.1) is 23.2 Å². The van der Waals surface area contributed by atoms with Crippen molar-refractivity contribution in [2.45, 2.75) is 128 Å². The minimum absolute atomic E-state index is 0.000514. The monoisotopic (exact) mass is 579 g/mol. The van der Waals surface area contributed by atoms with Crippen LogP contribution in [0.5, 0.6) is 0 Å². The topological polar surface area (TPSA) is 62.3 Å². The Hall–Kier alpha value is -2.12. The number of fused-ring (bicyclic) bond motifs is 3. The van der Waals surface area contributed by atoms with Gasteiger partial charge in [0.15, 0.2) is 0 Å². The van der Waals surface area contributed by atoms with Gasteiger partial charge in [-0.1, -0.05) is 39.0 Å². The first-order chi connectivity index (χ1) is 20.3. The zero-order chi connectivity index (χ0) is 29.6. The number of piperidine rings is 2. The minimum atomic E-state index is -0.677. The molecule has 6 rings (SSSR count). The summed E-state index contributed by atoms with van der Waals surface area (Å²) in [5.74, 6) is 2.44. The molecule has 6 fully saturated rings. The van der Waals surface area contributed by atoms with Crippen molar-refractivity contribution in [2.75, 3.05) is 20.3 Å². The Morgan fingerprint density at radius 2 is 1.74 bits per heavy atom. The van der Waals surface area contributed by atoms with Crippen molar-refractivity contribution in [3.05, 3.63) is 36.1 Å². The van der Waals surface area contributed by atoms with Gasteiger partial charge in [0.25, 0.3) is 5.91 Å². The molecule has 0 aromatic rings. The molecule has 0 N–H and O–H groups in total. The maximum absolute atomic E-state index is 14.2. The highest BCUT2D eigenvalue weighted by Crippen LogP contribution is 2.69. The summed E-state index contributed by atoms with van der Waals surface area (Å²) in [7, 11) is 1.63. The van der Waals surface area contributed by atoms with E-state index in [0.717, 1.165) is 37.0 Å². The Labute approximate surface area is 253 Å². The van der Waals surface area contributed by atoms with Gasteiger partial charge in [-0.3, -0.25) is 19.4 Å². The summed E-state index contributed by atoms with van der Waals surface area (Å²) in [6, 6.07) is 1.75. The fraction of sp³-hybridized carbons (Fsp3) is 0.771. The van der Waals surface area contributed by atoms with Crippen molar-refractivity contribution < 1.29 is 19.1 Å². The summed E-state index contributed by atoms with van der Waals surface area (Å²) in [6.07, 6.45) is 20.2. The highest BCUT2D eigenvalue weighted by Gasteiger charge is 2.61. The van der Waals surface area contributed by atoms with Crippen molar-refractivity contribution in [2.24, 2.45) is 23.2 Å². The highest BCUT2D eigenvalue weighted by molar-refractivity contribution is 5.99. The quantitative estimate of drug-likeness (QED) is 0.246. The van der Waals surface area contributed by atoms with Gasteiger partial charge in [-0.05, 0) is 107 Å². The Bertz CT molecular complexity index is 1100. The van der Waals surface area contributed by atoms with Gasteiger partial charge in [0.1, 0.15) is 6.54 Å². The van der Waals surface area contributed by atoms with E-state index in [1.807, 2.05) is 35.0 Å². The van der Waals surface area contributed by atoms with Crippen LogP contribution >= 0.6 is 0 Å². The van der Waals surface area contributed by atoms with Gasteiger partial charge in [-0.2, -0.15) is 0 Å². The molecule has 7 nitrogen and oxygen atoms in total. The van der Waals surface area contributed by atoms with Crippen LogP contribution in [0.4, 0.5) is 0 Å². The molecule has 232 valence electrons. The van der Waals surface area contributed by atoms with Crippen LogP contribution in [0.15, 0.2) is 36.1 Å². The number of hydrogen-bond donors (Lipinski definition) is 0. The number of ether oxygens (including phenoxy) is 2. The molecule has 3 aliphatic heterocycles. The molecule has 42 heavy (non-hydrogen) atoms. The Balaban J connectivity index is 1.26. The minimum Gasteiger partial charge on any atom is -0.465 e. The third-order valence-corrected chi connectivity index (χ3v) is 12.2. The third kappa shape index (κ3) is 4.96. The zero-order valence-corrected chi connectivity index (χ0v) is 26.4. The standard InChI is InChI=1S/C35H53N3O4/c1-6-9-10-14-31-23(4)36(22-32(39)42-8-3)34(41-5)38(33(31)40)30-19-27-12-11-13-28(20-30)37(27)29-16-24-15-25-17-26(18-29)35(25,7-2)21-24/h9-10,14,24-30,34H,4,6-8,11-13,15-22H2,1-3,5H3. The van der Waals surface area contributed by atoms with E-state index in [4.69, 9.17) is 9.47 Å². The van der Waals surface area contributed by atoms with Crippen LogP contribution in [-0.4, -0.2) is 77.4 Å². The molecule has 4 bridgehead atoms. The number of rotatable bonds is 9. The number of nitrogens with zero attached hydrogens (tertiary/aromatic N) is 3. The predicted octanol–water partition coefficient (Wildman–Crippen LogP) is 6.02. The third-order valence-electron chi connectivity index (χ3n) is 12.2. The Kier molecular flexibility index (Phi) is 8.63. The highest BCUT2D eigenvalue weighted by atomic mass is 16.5. The molecule has 3 saturated carbocycles. The fourth-order valence-electron chi connectivity index (χ4n) is 10.5. The summed E-state index contributed by atoms with van der Waals surface area (Å²) in [4.78, 5) is 33.6. The Morgan fingerprint density at radius 3 is 2.40 bits per heavy atom. The molecular formula is C35H53N3O4. The number of carbonyl (C=O) groups excluding carboxylic acids is 2. The summed E-state index contributed by atoms with van der Waals surface area (Å²) >= 11 is 0. The van der Waals surface area contributed by atoms with Crippen molar-refractivity contribution in [1.82, 2.24) is 14.7 Å². The van der Waals surface area contributed by atoms with Crippen LogP contribution in [0.2, 0.25) is 0 Å². The van der Waals surface area contributed by atoms with Gasteiger partial charge in [-0.15, -0.1) is 0 Å². The zero-order valence-electron chi connectivity index (χ0n) is 26.4. The largest absolute Gasteiger partial charge is 0.465 e. The number of amides is 1. The molecule has 0 aromatic carbocycles. The van der Waals surface area contributed by atoms with Gasteiger partial charge in [0, 0.05) is 37.0 Å². The van der Waals surface area contributed by atoms with Crippen LogP contribution in [0.1, 0.15) is 97.8 Å². The maximum atomic E-state index is 14.2. The molecule has 3 heterocycles. The molecule has 7 heteroatoms. The predicted molar refractivity (Wildman–Crippen MR) is 164 cm³/mol. The van der Waals surface area contributed by atoms with Crippen LogP contribution in [0.25, 0.3) is 0 Å². The van der Waals surface area contributed by atoms with Crippen LogP contribution < -0.4 is 0 Å². The van der Waals surface area contributed by atoms with E-state index in [1.165, 1.54) is 57.8 Å². The van der Waals surface area contributed by atoms with Crippen LogP contribution in [-0.2, 0) is 19.1 Å². The van der Waals surface area contributed by atoms with Gasteiger partial charge < -0.3 is 14.4 Å². The second kappa shape index (κ2) is 12.1. The molecule has 8 unspecified atom stereocenters. The number of methoxy groups -OCH3 is 1. The second-order valence-electron chi connectivity index (χ2n) is 14.0. The molecule has 0 radical (unpaired) electrons. The van der Waals surface area contributed by atoms with E-state index in [-0.39, 0.29) is 24.5 Å². The van der Waals surface area contributed by atoms with E-state index in [9.17, 15) is 9.59 Å². The van der Waals surface area contributed by atoms with Crippen LogP contribution in [0.3, 0.4) is 0 Å². The Morgan fingerprint density at radius 1 is 1.00 bits per heavy atom. The van der Waals surface area contributed by atoms with E-state index < -0.39 is 6.35 Å². The molecule has 0 spiro atoms.